The van der Waals surface area contributed by atoms with Gasteiger partial charge in [0.2, 0.25) is 0 Å². The van der Waals surface area contributed by atoms with E-state index in [1.54, 1.807) is 13.1 Å². The van der Waals surface area contributed by atoms with Crippen molar-refractivity contribution in [2.24, 2.45) is 7.05 Å². The number of rotatable bonds is 1. The normalized spacial score (nSPS) is 10.4. The van der Waals surface area contributed by atoms with Crippen LogP contribution in [-0.2, 0) is 7.05 Å². The van der Waals surface area contributed by atoms with Gasteiger partial charge in [0, 0.05) is 12.6 Å². The molecule has 0 aliphatic carbocycles. The summed E-state index contributed by atoms with van der Waals surface area (Å²) in [6.07, 6.45) is 2.91. The number of halogens is 1. The first kappa shape index (κ1) is 8.61. The average Bonchev–Trinajstić information content (AvgIpc) is 2.47. The summed E-state index contributed by atoms with van der Waals surface area (Å²) in [4.78, 5) is 0. The van der Waals surface area contributed by atoms with Gasteiger partial charge in [-0.2, -0.15) is 15.3 Å². The Morgan fingerprint density at radius 1 is 1.43 bits per heavy atom. The molecule has 2 heterocycles. The average molecular weight is 193 g/mol. The van der Waals surface area contributed by atoms with Crippen LogP contribution >= 0.6 is 0 Å². The van der Waals surface area contributed by atoms with Crippen molar-refractivity contribution < 1.29 is 4.39 Å². The summed E-state index contributed by atoms with van der Waals surface area (Å²) in [5, 5.41) is 11.2. The second-order valence-corrected chi connectivity index (χ2v) is 2.80. The molecular weight excluding hydrogens is 185 g/mol. The van der Waals surface area contributed by atoms with Gasteiger partial charge in [-0.25, -0.2) is 9.07 Å². The van der Waals surface area contributed by atoms with Crippen LogP contribution in [0.2, 0.25) is 0 Å². The second-order valence-electron chi connectivity index (χ2n) is 2.80. The van der Waals surface area contributed by atoms with E-state index < -0.39 is 5.82 Å². The van der Waals surface area contributed by atoms with E-state index in [0.29, 0.717) is 5.56 Å². The SMILES string of the molecule is Cn1nc(-c2ccnnc2)c(F)c1N. The number of nitrogen functional groups attached to an aromatic ring is 1. The largest absolute Gasteiger partial charge is 0.381 e. The van der Waals surface area contributed by atoms with Gasteiger partial charge in [-0.3, -0.25) is 0 Å². The van der Waals surface area contributed by atoms with Crippen molar-refractivity contribution in [3.63, 3.8) is 0 Å². The number of hydrogen-bond donors (Lipinski definition) is 1. The molecule has 6 heteroatoms. The Kier molecular flexibility index (Phi) is 1.88. The molecule has 0 saturated heterocycles. The molecule has 0 fully saturated rings. The third-order valence-corrected chi connectivity index (χ3v) is 1.89. The summed E-state index contributed by atoms with van der Waals surface area (Å²) in [5.74, 6) is -0.516. The lowest BCUT2D eigenvalue weighted by Crippen LogP contribution is -1.97. The highest BCUT2D eigenvalue weighted by Crippen LogP contribution is 2.23. The van der Waals surface area contributed by atoms with E-state index in [4.69, 9.17) is 5.73 Å². The first-order chi connectivity index (χ1) is 6.70. The molecule has 14 heavy (non-hydrogen) atoms. The van der Waals surface area contributed by atoms with E-state index in [1.165, 1.54) is 17.1 Å². The number of anilines is 1. The monoisotopic (exact) mass is 193 g/mol. The zero-order chi connectivity index (χ0) is 10.1. The van der Waals surface area contributed by atoms with Crippen LogP contribution in [0.4, 0.5) is 10.2 Å². The molecule has 2 aromatic heterocycles. The van der Waals surface area contributed by atoms with Crippen LogP contribution in [0.25, 0.3) is 11.3 Å². The van der Waals surface area contributed by atoms with Crippen LogP contribution in [0.3, 0.4) is 0 Å². The summed E-state index contributed by atoms with van der Waals surface area (Å²) in [6.45, 7) is 0. The number of nitrogens with zero attached hydrogens (tertiary/aromatic N) is 4. The topological polar surface area (TPSA) is 69.6 Å². The van der Waals surface area contributed by atoms with Crippen LogP contribution in [0.15, 0.2) is 18.5 Å². The molecule has 0 aromatic carbocycles. The van der Waals surface area contributed by atoms with Gasteiger partial charge in [0.25, 0.3) is 0 Å². The van der Waals surface area contributed by atoms with Gasteiger partial charge in [0.05, 0.1) is 12.4 Å². The zero-order valence-corrected chi connectivity index (χ0v) is 7.48. The summed E-state index contributed by atoms with van der Waals surface area (Å²) in [7, 11) is 1.58. The van der Waals surface area contributed by atoms with Crippen molar-refractivity contribution in [1.82, 2.24) is 20.0 Å². The van der Waals surface area contributed by atoms with Crippen LogP contribution < -0.4 is 5.73 Å². The molecule has 2 N–H and O–H groups in total. The van der Waals surface area contributed by atoms with E-state index in [-0.39, 0.29) is 11.5 Å². The van der Waals surface area contributed by atoms with Crippen LogP contribution in [0, 0.1) is 5.82 Å². The lowest BCUT2D eigenvalue weighted by molar-refractivity contribution is 0.633. The minimum Gasteiger partial charge on any atom is -0.381 e. The van der Waals surface area contributed by atoms with E-state index in [1.807, 2.05) is 0 Å². The Morgan fingerprint density at radius 2 is 2.21 bits per heavy atom. The molecular formula is C8H8FN5. The number of nitrogens with two attached hydrogens (primary N) is 1. The highest BCUT2D eigenvalue weighted by atomic mass is 19.1. The van der Waals surface area contributed by atoms with E-state index in [2.05, 4.69) is 15.3 Å². The summed E-state index contributed by atoms with van der Waals surface area (Å²) in [6, 6.07) is 1.62. The molecule has 0 spiro atoms. The smallest absolute Gasteiger partial charge is 0.192 e. The molecule has 0 saturated carbocycles. The maximum Gasteiger partial charge on any atom is 0.192 e. The molecule has 2 aromatic rings. The highest BCUT2D eigenvalue weighted by molar-refractivity contribution is 5.61. The molecule has 0 atom stereocenters. The van der Waals surface area contributed by atoms with Gasteiger partial charge in [-0.15, -0.1) is 0 Å². The third kappa shape index (κ3) is 1.20. The number of hydrogen-bond acceptors (Lipinski definition) is 4. The fourth-order valence-corrected chi connectivity index (χ4v) is 1.13. The van der Waals surface area contributed by atoms with Crippen LogP contribution in [-0.4, -0.2) is 20.0 Å². The fraction of sp³-hybridized carbons (Fsp3) is 0.125. The predicted molar refractivity (Wildman–Crippen MR) is 48.6 cm³/mol. The summed E-state index contributed by atoms with van der Waals surface area (Å²) < 4.78 is 14.7. The first-order valence-electron chi connectivity index (χ1n) is 3.95. The minimum atomic E-state index is -0.527. The van der Waals surface area contributed by atoms with E-state index in [9.17, 15) is 4.39 Å². The van der Waals surface area contributed by atoms with Crippen molar-refractivity contribution >= 4 is 5.82 Å². The molecule has 0 aliphatic heterocycles. The van der Waals surface area contributed by atoms with Gasteiger partial charge in [-0.05, 0) is 6.07 Å². The van der Waals surface area contributed by atoms with Crippen LogP contribution in [0.1, 0.15) is 0 Å². The molecule has 0 radical (unpaired) electrons. The molecule has 0 bridgehead atoms. The van der Waals surface area contributed by atoms with Gasteiger partial charge >= 0.3 is 0 Å². The second kappa shape index (κ2) is 3.06. The van der Waals surface area contributed by atoms with Gasteiger partial charge in [-0.1, -0.05) is 0 Å². The Hall–Kier alpha value is -1.98. The number of aryl methyl sites for hydroxylation is 1. The highest BCUT2D eigenvalue weighted by Gasteiger charge is 2.14. The Balaban J connectivity index is 2.58. The molecule has 2 rings (SSSR count). The van der Waals surface area contributed by atoms with Gasteiger partial charge < -0.3 is 5.73 Å². The Labute approximate surface area is 79.4 Å². The van der Waals surface area contributed by atoms with Crippen molar-refractivity contribution in [2.45, 2.75) is 0 Å². The standard InChI is InChI=1S/C8H8FN5/c1-14-8(10)6(9)7(13-14)5-2-3-11-12-4-5/h2-4H,10H2,1H3. The molecule has 0 aliphatic rings. The zero-order valence-electron chi connectivity index (χ0n) is 7.48. The molecule has 0 amide bonds. The quantitative estimate of drug-likeness (QED) is 0.719. The Bertz CT molecular complexity index is 450. The Morgan fingerprint density at radius 3 is 2.71 bits per heavy atom. The van der Waals surface area contributed by atoms with Crippen molar-refractivity contribution in [2.75, 3.05) is 5.73 Å². The molecule has 0 unspecified atom stereocenters. The van der Waals surface area contributed by atoms with Crippen LogP contribution in [0.5, 0.6) is 0 Å². The maximum atomic E-state index is 13.5. The fourth-order valence-electron chi connectivity index (χ4n) is 1.13. The minimum absolute atomic E-state index is 0.0109. The van der Waals surface area contributed by atoms with Gasteiger partial charge in [0.1, 0.15) is 5.69 Å². The lowest BCUT2D eigenvalue weighted by atomic mass is 10.2. The first-order valence-corrected chi connectivity index (χ1v) is 3.95. The molecule has 5 nitrogen and oxygen atoms in total. The maximum absolute atomic E-state index is 13.5. The van der Waals surface area contributed by atoms with E-state index in [0.717, 1.165) is 0 Å². The summed E-state index contributed by atoms with van der Waals surface area (Å²) in [5.41, 5.74) is 6.18. The predicted octanol–water partition coefficient (Wildman–Crippen LogP) is 0.598. The van der Waals surface area contributed by atoms with E-state index >= 15 is 0 Å². The van der Waals surface area contributed by atoms with Gasteiger partial charge in [0.15, 0.2) is 11.6 Å². The third-order valence-electron chi connectivity index (χ3n) is 1.89. The number of aromatic nitrogens is 4. The summed E-state index contributed by atoms with van der Waals surface area (Å²) >= 11 is 0. The van der Waals surface area contributed by atoms with Crippen molar-refractivity contribution in [3.8, 4) is 11.3 Å². The van der Waals surface area contributed by atoms with Crippen molar-refractivity contribution in [1.29, 1.82) is 0 Å². The molecule has 72 valence electrons. The van der Waals surface area contributed by atoms with Crippen molar-refractivity contribution in [3.05, 3.63) is 24.3 Å². The lowest BCUT2D eigenvalue weighted by Gasteiger charge is -1.92.